The molecule has 0 aliphatic rings. The van der Waals surface area contributed by atoms with Crippen LogP contribution in [0.5, 0.6) is 0 Å². The van der Waals surface area contributed by atoms with Crippen molar-refractivity contribution in [1.29, 1.82) is 0 Å². The van der Waals surface area contributed by atoms with Gasteiger partial charge in [0.2, 0.25) is 0 Å². The van der Waals surface area contributed by atoms with E-state index in [-0.39, 0.29) is 0 Å². The molecule has 0 radical (unpaired) electrons. The Kier molecular flexibility index (Phi) is 5.11. The predicted molar refractivity (Wildman–Crippen MR) is 29.6 cm³/mol. The van der Waals surface area contributed by atoms with E-state index >= 15 is 0 Å². The minimum atomic E-state index is 1.04. The number of hydroxylamine groups is 1. The molecule has 0 bridgehead atoms. The van der Waals surface area contributed by atoms with E-state index in [1.54, 1.807) is 13.3 Å². The summed E-state index contributed by atoms with van der Waals surface area (Å²) in [7, 11) is 1.58. The molecule has 0 spiro atoms. The van der Waals surface area contributed by atoms with Crippen molar-refractivity contribution in [2.75, 3.05) is 7.11 Å². The van der Waals surface area contributed by atoms with E-state index in [0.717, 1.165) is 6.42 Å². The Labute approximate surface area is 44.1 Å². The van der Waals surface area contributed by atoms with Crippen LogP contribution in [-0.4, -0.2) is 7.11 Å². The van der Waals surface area contributed by atoms with Gasteiger partial charge in [0.25, 0.3) is 0 Å². The van der Waals surface area contributed by atoms with Crippen molar-refractivity contribution >= 4 is 0 Å². The standard InChI is InChI=1S/C5H11NO/c1-3-4-5-6-7-2/h4-6H,3H2,1-2H3/b5-4+. The first-order chi connectivity index (χ1) is 3.41. The highest BCUT2D eigenvalue weighted by molar-refractivity contribution is 4.73. The number of nitrogens with one attached hydrogen (secondary N) is 1. The van der Waals surface area contributed by atoms with E-state index in [2.05, 4.69) is 17.2 Å². The van der Waals surface area contributed by atoms with Crippen LogP contribution >= 0.6 is 0 Å². The second-order valence-electron chi connectivity index (χ2n) is 1.13. The summed E-state index contributed by atoms with van der Waals surface area (Å²) in [6.45, 7) is 2.06. The molecule has 42 valence electrons. The summed E-state index contributed by atoms with van der Waals surface area (Å²) in [5.41, 5.74) is 2.57. The van der Waals surface area contributed by atoms with Crippen molar-refractivity contribution in [2.45, 2.75) is 13.3 Å². The molecule has 0 saturated carbocycles. The monoisotopic (exact) mass is 101 g/mol. The minimum absolute atomic E-state index is 1.04. The third-order valence-corrected chi connectivity index (χ3v) is 0.539. The van der Waals surface area contributed by atoms with Crippen LogP contribution in [0.15, 0.2) is 12.3 Å². The smallest absolute Gasteiger partial charge is 0.0636 e. The maximum absolute atomic E-state index is 4.51. The van der Waals surface area contributed by atoms with Gasteiger partial charge in [-0.05, 0) is 6.42 Å². The molecule has 0 rings (SSSR count). The fraction of sp³-hybridized carbons (Fsp3) is 0.600. The van der Waals surface area contributed by atoms with Gasteiger partial charge in [-0.15, -0.1) is 0 Å². The van der Waals surface area contributed by atoms with Crippen LogP contribution in [0.4, 0.5) is 0 Å². The minimum Gasteiger partial charge on any atom is -0.280 e. The number of hydrogen-bond donors (Lipinski definition) is 1. The number of rotatable bonds is 3. The van der Waals surface area contributed by atoms with Crippen LogP contribution in [0.1, 0.15) is 13.3 Å². The summed E-state index contributed by atoms with van der Waals surface area (Å²) >= 11 is 0. The lowest BCUT2D eigenvalue weighted by Crippen LogP contribution is -1.99. The molecular weight excluding hydrogens is 90.1 g/mol. The predicted octanol–water partition coefficient (Wildman–Crippen LogP) is 1.06. The van der Waals surface area contributed by atoms with Crippen molar-refractivity contribution in [3.63, 3.8) is 0 Å². The quantitative estimate of drug-likeness (QED) is 0.537. The Hall–Kier alpha value is -0.500. The van der Waals surface area contributed by atoms with Crippen LogP contribution in [-0.2, 0) is 4.84 Å². The fourth-order valence-corrected chi connectivity index (χ4v) is 0.234. The van der Waals surface area contributed by atoms with Gasteiger partial charge in [0.1, 0.15) is 0 Å². The van der Waals surface area contributed by atoms with Crippen LogP contribution in [0.2, 0.25) is 0 Å². The molecule has 0 aromatic rings. The molecule has 0 heterocycles. The van der Waals surface area contributed by atoms with Crippen LogP contribution in [0.25, 0.3) is 0 Å². The van der Waals surface area contributed by atoms with Gasteiger partial charge in [-0.2, -0.15) is 0 Å². The molecule has 0 fully saturated rings. The summed E-state index contributed by atoms with van der Waals surface area (Å²) in [6, 6.07) is 0. The summed E-state index contributed by atoms with van der Waals surface area (Å²) in [5, 5.41) is 0. The highest BCUT2D eigenvalue weighted by Crippen LogP contribution is 1.73. The molecule has 7 heavy (non-hydrogen) atoms. The van der Waals surface area contributed by atoms with Crippen molar-refractivity contribution in [3.8, 4) is 0 Å². The SMILES string of the molecule is CC/C=C/NOC. The molecule has 1 N–H and O–H groups in total. The second kappa shape index (κ2) is 5.50. The maximum Gasteiger partial charge on any atom is 0.0636 e. The number of hydrogen-bond acceptors (Lipinski definition) is 2. The summed E-state index contributed by atoms with van der Waals surface area (Å²) < 4.78 is 0. The highest BCUT2D eigenvalue weighted by Gasteiger charge is 1.62. The topological polar surface area (TPSA) is 21.3 Å². The average Bonchev–Trinajstić information content (AvgIpc) is 1.69. The van der Waals surface area contributed by atoms with Crippen LogP contribution in [0, 0.1) is 0 Å². The van der Waals surface area contributed by atoms with E-state index in [4.69, 9.17) is 0 Å². The zero-order valence-corrected chi connectivity index (χ0v) is 4.77. The molecule has 0 aliphatic carbocycles. The normalized spacial score (nSPS) is 10.0. The average molecular weight is 101 g/mol. The first-order valence-electron chi connectivity index (χ1n) is 2.35. The molecule has 0 aromatic heterocycles. The van der Waals surface area contributed by atoms with Gasteiger partial charge in [-0.1, -0.05) is 13.0 Å². The molecule has 2 heteroatoms. The Morgan fingerprint density at radius 3 is 2.86 bits per heavy atom. The van der Waals surface area contributed by atoms with Gasteiger partial charge >= 0.3 is 0 Å². The van der Waals surface area contributed by atoms with Crippen LogP contribution < -0.4 is 5.48 Å². The Morgan fingerprint density at radius 1 is 1.71 bits per heavy atom. The second-order valence-corrected chi connectivity index (χ2v) is 1.13. The molecule has 0 unspecified atom stereocenters. The number of allylic oxidation sites excluding steroid dienone is 1. The van der Waals surface area contributed by atoms with E-state index in [0.29, 0.717) is 0 Å². The first kappa shape index (κ1) is 6.50. The fourth-order valence-electron chi connectivity index (χ4n) is 0.234. The Bertz CT molecular complexity index is 52.0. The van der Waals surface area contributed by atoms with Gasteiger partial charge in [-0.25, -0.2) is 0 Å². The summed E-state index contributed by atoms with van der Waals surface area (Å²) in [5.74, 6) is 0. The maximum atomic E-state index is 4.51. The van der Waals surface area contributed by atoms with E-state index in [9.17, 15) is 0 Å². The highest BCUT2D eigenvalue weighted by atomic mass is 16.6. The Morgan fingerprint density at radius 2 is 2.43 bits per heavy atom. The third-order valence-electron chi connectivity index (χ3n) is 0.539. The first-order valence-corrected chi connectivity index (χ1v) is 2.35. The van der Waals surface area contributed by atoms with Gasteiger partial charge in [0.15, 0.2) is 0 Å². The zero-order chi connectivity index (χ0) is 5.54. The molecule has 0 aromatic carbocycles. The van der Waals surface area contributed by atoms with E-state index in [1.165, 1.54) is 0 Å². The lowest BCUT2D eigenvalue weighted by atomic mass is 10.5. The van der Waals surface area contributed by atoms with E-state index in [1.807, 2.05) is 6.08 Å². The van der Waals surface area contributed by atoms with Crippen molar-refractivity contribution in [2.24, 2.45) is 0 Å². The van der Waals surface area contributed by atoms with Crippen LogP contribution in [0.3, 0.4) is 0 Å². The Balaban J connectivity index is 2.78. The third kappa shape index (κ3) is 5.50. The molecule has 0 atom stereocenters. The van der Waals surface area contributed by atoms with E-state index < -0.39 is 0 Å². The van der Waals surface area contributed by atoms with Gasteiger partial charge < -0.3 is 0 Å². The molecule has 0 saturated heterocycles. The lowest BCUT2D eigenvalue weighted by Gasteiger charge is -1.89. The largest absolute Gasteiger partial charge is 0.280 e. The molecule has 0 aliphatic heterocycles. The molecular formula is C5H11NO. The van der Waals surface area contributed by atoms with Gasteiger partial charge in [0.05, 0.1) is 7.11 Å². The van der Waals surface area contributed by atoms with Crippen molar-refractivity contribution in [3.05, 3.63) is 12.3 Å². The molecule has 0 amide bonds. The van der Waals surface area contributed by atoms with Gasteiger partial charge in [-0.3, -0.25) is 10.3 Å². The van der Waals surface area contributed by atoms with Crippen molar-refractivity contribution in [1.82, 2.24) is 5.48 Å². The molecule has 2 nitrogen and oxygen atoms in total. The summed E-state index contributed by atoms with van der Waals surface area (Å²) in [6.07, 6.45) is 4.78. The summed E-state index contributed by atoms with van der Waals surface area (Å²) in [4.78, 5) is 4.51. The lowest BCUT2D eigenvalue weighted by molar-refractivity contribution is 0.128. The van der Waals surface area contributed by atoms with Gasteiger partial charge in [0, 0.05) is 6.20 Å². The zero-order valence-electron chi connectivity index (χ0n) is 4.77. The van der Waals surface area contributed by atoms with Crippen molar-refractivity contribution < 1.29 is 4.84 Å².